The summed E-state index contributed by atoms with van der Waals surface area (Å²) in [5.74, 6) is 0.420. The third kappa shape index (κ3) is 7.96. The molecular formula is C59H65NO3. The lowest BCUT2D eigenvalue weighted by atomic mass is 9.60. The van der Waals surface area contributed by atoms with Crippen molar-refractivity contribution in [2.45, 2.75) is 123 Å². The van der Waals surface area contributed by atoms with Crippen LogP contribution < -0.4 is 4.74 Å². The molecule has 0 saturated carbocycles. The fraction of sp³-hybridized carbons (Fsp3) is 0.356. The fourth-order valence-electron chi connectivity index (χ4n) is 9.56. The van der Waals surface area contributed by atoms with E-state index in [9.17, 15) is 9.59 Å². The monoisotopic (exact) mass is 835 g/mol. The summed E-state index contributed by atoms with van der Waals surface area (Å²) in [4.78, 5) is 27.0. The van der Waals surface area contributed by atoms with E-state index in [1.54, 1.807) is 24.3 Å². The molecule has 2 aliphatic rings. The Morgan fingerprint density at radius 1 is 0.460 bits per heavy atom. The summed E-state index contributed by atoms with van der Waals surface area (Å²) < 4.78 is 6.37. The highest BCUT2D eigenvalue weighted by Crippen LogP contribution is 2.52. The summed E-state index contributed by atoms with van der Waals surface area (Å²) >= 11 is 0. The van der Waals surface area contributed by atoms with E-state index in [1.165, 1.54) is 60.5 Å². The molecule has 8 rings (SSSR count). The number of carbonyl (C=O) groups is 2. The molecule has 0 aromatic heterocycles. The lowest BCUT2D eigenvalue weighted by Gasteiger charge is -2.43. The molecule has 4 heteroatoms. The number of unbranched alkanes of at least 4 members (excludes halogenated alkanes) is 1. The van der Waals surface area contributed by atoms with Gasteiger partial charge in [0.15, 0.2) is 0 Å². The van der Waals surface area contributed by atoms with Crippen molar-refractivity contribution >= 4 is 11.8 Å². The van der Waals surface area contributed by atoms with E-state index >= 15 is 0 Å². The number of hydrogen-bond acceptors (Lipinski definition) is 3. The van der Waals surface area contributed by atoms with Crippen LogP contribution in [0.2, 0.25) is 0 Å². The van der Waals surface area contributed by atoms with Gasteiger partial charge in [0.2, 0.25) is 0 Å². The van der Waals surface area contributed by atoms with Crippen molar-refractivity contribution < 1.29 is 14.3 Å². The number of amides is 2. The van der Waals surface area contributed by atoms with Gasteiger partial charge in [-0.1, -0.05) is 180 Å². The first-order valence-electron chi connectivity index (χ1n) is 22.8. The van der Waals surface area contributed by atoms with Crippen molar-refractivity contribution in [2.24, 2.45) is 0 Å². The topological polar surface area (TPSA) is 46.6 Å². The maximum atomic E-state index is 12.8. The summed E-state index contributed by atoms with van der Waals surface area (Å²) in [6.45, 7) is 28.7. The number of imide groups is 1. The zero-order valence-electron chi connectivity index (χ0n) is 39.6. The van der Waals surface area contributed by atoms with Crippen LogP contribution in [0.1, 0.15) is 150 Å². The Kier molecular flexibility index (Phi) is 11.0. The lowest BCUT2D eigenvalue weighted by Crippen LogP contribution is -2.40. The van der Waals surface area contributed by atoms with Gasteiger partial charge in [-0.25, -0.2) is 0 Å². The van der Waals surface area contributed by atoms with E-state index in [1.807, 2.05) is 0 Å². The molecule has 1 aliphatic carbocycles. The highest BCUT2D eigenvalue weighted by molar-refractivity contribution is 6.21. The number of ether oxygens (including phenoxy) is 1. The van der Waals surface area contributed by atoms with Gasteiger partial charge >= 0.3 is 0 Å². The summed E-state index contributed by atoms with van der Waals surface area (Å²) in [6, 6.07) is 46.2. The van der Waals surface area contributed by atoms with E-state index in [4.69, 9.17) is 4.74 Å². The van der Waals surface area contributed by atoms with Crippen molar-refractivity contribution in [3.05, 3.63) is 172 Å². The average molecular weight is 836 g/mol. The van der Waals surface area contributed by atoms with E-state index < -0.39 is 0 Å². The Morgan fingerprint density at radius 3 is 1.54 bits per heavy atom. The molecule has 0 N–H and O–H groups in total. The molecule has 6 aromatic rings. The van der Waals surface area contributed by atoms with E-state index in [2.05, 4.69) is 186 Å². The third-order valence-electron chi connectivity index (χ3n) is 14.7. The second kappa shape index (κ2) is 15.8. The standard InChI is InChI=1S/C59H65NO3/c1-55(2,3)42-24-19-38(20-25-42)40-23-29-47-48-30-28-44(37-52(48)57(7,8)51(47)35-40)59(11,12)58(9,10)43-26-21-39(22-27-43)41-33-45(56(4,5)6)36-46(34-41)63-32-16-15-31-60-53(61)49-17-13-14-18-50(49)54(60)62/h13-14,17-30,33-37H,15-16,31-32H2,1-12H3. The Bertz CT molecular complexity index is 2680. The highest BCUT2D eigenvalue weighted by Gasteiger charge is 2.42. The van der Waals surface area contributed by atoms with Gasteiger partial charge in [0.25, 0.3) is 11.8 Å². The number of carbonyl (C=O) groups excluding carboxylic acids is 2. The minimum absolute atomic E-state index is 0.0714. The largest absolute Gasteiger partial charge is 0.494 e. The molecule has 6 aromatic carbocycles. The van der Waals surface area contributed by atoms with Crippen LogP contribution in [-0.2, 0) is 27.1 Å². The van der Waals surface area contributed by atoms with Gasteiger partial charge < -0.3 is 4.74 Å². The number of benzene rings is 6. The van der Waals surface area contributed by atoms with Gasteiger partial charge in [-0.05, 0) is 132 Å². The molecule has 1 aliphatic heterocycles. The SMILES string of the molecule is CC(C)(C)c1ccc(-c2ccc3c(c2)C(C)(C)c2cc(C(C)(C)C(C)(C)c4ccc(-c5cc(OCCCCN6C(=O)c7ccccc7C6=O)cc(C(C)(C)C)c5)cc4)ccc2-3)cc1. The first-order valence-corrected chi connectivity index (χ1v) is 22.8. The van der Waals surface area contributed by atoms with Crippen molar-refractivity contribution in [3.8, 4) is 39.1 Å². The van der Waals surface area contributed by atoms with Gasteiger partial charge in [0, 0.05) is 12.0 Å². The first kappa shape index (κ1) is 43.9. The summed E-state index contributed by atoms with van der Waals surface area (Å²) in [5.41, 5.74) is 16.0. The van der Waals surface area contributed by atoms with Crippen molar-refractivity contribution in [1.82, 2.24) is 4.90 Å². The van der Waals surface area contributed by atoms with Crippen LogP contribution in [0.15, 0.2) is 127 Å². The third-order valence-corrected chi connectivity index (χ3v) is 14.7. The molecule has 324 valence electrons. The van der Waals surface area contributed by atoms with Crippen LogP contribution in [0.3, 0.4) is 0 Å². The molecular weight excluding hydrogens is 771 g/mol. The maximum Gasteiger partial charge on any atom is 0.261 e. The van der Waals surface area contributed by atoms with Crippen molar-refractivity contribution in [3.63, 3.8) is 0 Å². The molecule has 2 amide bonds. The number of fused-ring (bicyclic) bond motifs is 4. The van der Waals surface area contributed by atoms with Gasteiger partial charge in [-0.2, -0.15) is 0 Å². The van der Waals surface area contributed by atoms with Crippen LogP contribution in [0.4, 0.5) is 0 Å². The zero-order chi connectivity index (χ0) is 45.3. The lowest BCUT2D eigenvalue weighted by molar-refractivity contribution is 0.0649. The molecule has 0 saturated heterocycles. The first-order chi connectivity index (χ1) is 29.6. The number of hydrogen-bond donors (Lipinski definition) is 0. The van der Waals surface area contributed by atoms with Crippen LogP contribution >= 0.6 is 0 Å². The minimum atomic E-state index is -0.205. The highest BCUT2D eigenvalue weighted by atomic mass is 16.5. The van der Waals surface area contributed by atoms with E-state index in [0.717, 1.165) is 23.3 Å². The van der Waals surface area contributed by atoms with Crippen LogP contribution in [0, 0.1) is 0 Å². The molecule has 63 heavy (non-hydrogen) atoms. The molecule has 0 spiro atoms. The van der Waals surface area contributed by atoms with Gasteiger partial charge in [-0.3, -0.25) is 14.5 Å². The minimum Gasteiger partial charge on any atom is -0.494 e. The summed E-state index contributed by atoms with van der Waals surface area (Å²) in [6.07, 6.45) is 1.40. The number of nitrogens with zero attached hydrogens (tertiary/aromatic N) is 1. The van der Waals surface area contributed by atoms with Gasteiger partial charge in [0.1, 0.15) is 5.75 Å². The fourth-order valence-corrected chi connectivity index (χ4v) is 9.56. The van der Waals surface area contributed by atoms with E-state index in [0.29, 0.717) is 30.7 Å². The summed E-state index contributed by atoms with van der Waals surface area (Å²) in [7, 11) is 0. The van der Waals surface area contributed by atoms with Gasteiger partial charge in [0.05, 0.1) is 17.7 Å². The van der Waals surface area contributed by atoms with Crippen LogP contribution in [0.5, 0.6) is 5.75 Å². The second-order valence-corrected chi connectivity index (χ2v) is 21.7. The number of rotatable bonds is 11. The molecule has 1 heterocycles. The molecule has 4 nitrogen and oxygen atoms in total. The average Bonchev–Trinajstić information content (AvgIpc) is 3.63. The quantitative estimate of drug-likeness (QED) is 0.0965. The Balaban J connectivity index is 0.978. The van der Waals surface area contributed by atoms with Gasteiger partial charge in [-0.15, -0.1) is 0 Å². The van der Waals surface area contributed by atoms with Crippen LogP contribution in [0.25, 0.3) is 33.4 Å². The zero-order valence-corrected chi connectivity index (χ0v) is 39.6. The molecule has 0 fully saturated rings. The second-order valence-electron chi connectivity index (χ2n) is 21.7. The summed E-state index contributed by atoms with van der Waals surface area (Å²) in [5, 5.41) is 0. The molecule has 0 radical (unpaired) electrons. The molecule has 0 bridgehead atoms. The van der Waals surface area contributed by atoms with E-state index in [-0.39, 0.29) is 38.9 Å². The molecule has 0 atom stereocenters. The predicted molar refractivity (Wildman–Crippen MR) is 261 cm³/mol. The maximum absolute atomic E-state index is 12.8. The van der Waals surface area contributed by atoms with Crippen LogP contribution in [-0.4, -0.2) is 29.9 Å². The van der Waals surface area contributed by atoms with Crippen molar-refractivity contribution in [2.75, 3.05) is 13.2 Å². The Morgan fingerprint density at radius 2 is 0.952 bits per heavy atom. The Hall–Kier alpha value is -5.74. The normalized spacial score (nSPS) is 14.8. The molecule has 0 unspecified atom stereocenters. The Labute approximate surface area is 376 Å². The smallest absolute Gasteiger partial charge is 0.261 e. The van der Waals surface area contributed by atoms with Crippen molar-refractivity contribution in [1.29, 1.82) is 0 Å². The predicted octanol–water partition coefficient (Wildman–Crippen LogP) is 14.6.